The highest BCUT2D eigenvalue weighted by Gasteiger charge is 2.32. The summed E-state index contributed by atoms with van der Waals surface area (Å²) in [6, 6.07) is 5.55. The Kier molecular flexibility index (Phi) is 3.78. The summed E-state index contributed by atoms with van der Waals surface area (Å²) in [7, 11) is -3.00. The molecule has 0 N–H and O–H groups in total. The van der Waals surface area contributed by atoms with E-state index >= 15 is 0 Å². The van der Waals surface area contributed by atoms with Gasteiger partial charge in [-0.3, -0.25) is 4.79 Å². The number of Topliss-reactive ketones (excluding diaryl/α,β-unsaturated/α-hetero) is 1. The Morgan fingerprint density at radius 1 is 1.44 bits per heavy atom. The lowest BCUT2D eigenvalue weighted by Crippen LogP contribution is -2.18. The van der Waals surface area contributed by atoms with Crippen LogP contribution in [0.3, 0.4) is 0 Å². The Bertz CT molecular complexity index is 578. The van der Waals surface area contributed by atoms with Gasteiger partial charge >= 0.3 is 0 Å². The Labute approximate surface area is 112 Å². The molecule has 0 saturated carbocycles. The second-order valence-electron chi connectivity index (χ2n) is 4.84. The summed E-state index contributed by atoms with van der Waals surface area (Å²) in [5.41, 5.74) is 1.82. The number of ketones is 1. The molecule has 1 aliphatic rings. The third-order valence-electron chi connectivity index (χ3n) is 3.26. The van der Waals surface area contributed by atoms with Gasteiger partial charge in [0.15, 0.2) is 9.84 Å². The van der Waals surface area contributed by atoms with Gasteiger partial charge in [-0.1, -0.05) is 23.7 Å². The summed E-state index contributed by atoms with van der Waals surface area (Å²) in [4.78, 5) is 12.0. The molecular weight excluding hydrogens is 272 g/mol. The van der Waals surface area contributed by atoms with Crippen molar-refractivity contribution in [3.05, 3.63) is 34.3 Å². The van der Waals surface area contributed by atoms with E-state index in [1.165, 1.54) is 0 Å². The molecule has 0 amide bonds. The van der Waals surface area contributed by atoms with Crippen LogP contribution in [0.25, 0.3) is 0 Å². The zero-order chi connectivity index (χ0) is 13.3. The Morgan fingerprint density at radius 2 is 2.17 bits per heavy atom. The standard InChI is InChI=1S/C13H15ClO3S/c1-9-2-3-10(12(14)6-9)7-13(15)11-4-5-18(16,17)8-11/h2-3,6,11H,4-5,7-8H2,1H3. The molecule has 1 unspecified atom stereocenters. The monoisotopic (exact) mass is 286 g/mol. The normalized spacial score (nSPS) is 22.0. The molecule has 5 heteroatoms. The van der Waals surface area contributed by atoms with Gasteiger partial charge in [-0.05, 0) is 30.5 Å². The van der Waals surface area contributed by atoms with Crippen LogP contribution in [0.2, 0.25) is 5.02 Å². The second kappa shape index (κ2) is 5.02. The molecule has 0 bridgehead atoms. The summed E-state index contributed by atoms with van der Waals surface area (Å²) in [5.74, 6) is -0.255. The van der Waals surface area contributed by atoms with Crippen LogP contribution in [-0.4, -0.2) is 25.7 Å². The number of sulfone groups is 1. The minimum absolute atomic E-state index is 0.00465. The van der Waals surface area contributed by atoms with Crippen LogP contribution < -0.4 is 0 Å². The summed E-state index contributed by atoms with van der Waals surface area (Å²) in [6.07, 6.45) is 0.671. The maximum absolute atomic E-state index is 12.0. The summed E-state index contributed by atoms with van der Waals surface area (Å²) < 4.78 is 22.7. The van der Waals surface area contributed by atoms with E-state index in [9.17, 15) is 13.2 Å². The van der Waals surface area contributed by atoms with Gasteiger partial charge in [-0.25, -0.2) is 8.42 Å². The van der Waals surface area contributed by atoms with Crippen LogP contribution in [0.1, 0.15) is 17.5 Å². The SMILES string of the molecule is Cc1ccc(CC(=O)C2CCS(=O)(=O)C2)c(Cl)c1. The molecule has 1 fully saturated rings. The van der Waals surface area contributed by atoms with E-state index in [2.05, 4.69) is 0 Å². The maximum Gasteiger partial charge on any atom is 0.151 e. The van der Waals surface area contributed by atoms with Crippen LogP contribution in [0.5, 0.6) is 0 Å². The van der Waals surface area contributed by atoms with E-state index in [1.54, 1.807) is 0 Å². The van der Waals surface area contributed by atoms with Crippen LogP contribution >= 0.6 is 11.6 Å². The first-order valence-electron chi connectivity index (χ1n) is 5.85. The van der Waals surface area contributed by atoms with E-state index in [0.29, 0.717) is 11.4 Å². The smallest absolute Gasteiger partial charge is 0.151 e. The van der Waals surface area contributed by atoms with Gasteiger partial charge in [0, 0.05) is 17.4 Å². The van der Waals surface area contributed by atoms with Crippen molar-refractivity contribution in [2.45, 2.75) is 19.8 Å². The number of benzene rings is 1. The molecule has 1 saturated heterocycles. The highest BCUT2D eigenvalue weighted by atomic mass is 35.5. The molecule has 3 nitrogen and oxygen atoms in total. The number of hydrogen-bond donors (Lipinski definition) is 0. The maximum atomic E-state index is 12.0. The molecular formula is C13H15ClO3S. The van der Waals surface area contributed by atoms with Gasteiger partial charge in [0.05, 0.1) is 11.5 Å². The summed E-state index contributed by atoms with van der Waals surface area (Å²) in [6.45, 7) is 1.93. The lowest BCUT2D eigenvalue weighted by molar-refractivity contribution is -0.121. The van der Waals surface area contributed by atoms with E-state index in [4.69, 9.17) is 11.6 Å². The predicted octanol–water partition coefficient (Wildman–Crippen LogP) is 2.19. The van der Waals surface area contributed by atoms with E-state index in [-0.39, 0.29) is 29.6 Å². The fourth-order valence-corrected chi connectivity index (χ4v) is 4.25. The molecule has 0 radical (unpaired) electrons. The summed E-state index contributed by atoms with van der Waals surface area (Å²) >= 11 is 6.07. The third-order valence-corrected chi connectivity index (χ3v) is 5.38. The number of carbonyl (C=O) groups excluding carboxylic acids is 1. The predicted molar refractivity (Wildman–Crippen MR) is 71.7 cm³/mol. The Hall–Kier alpha value is -0.870. The second-order valence-corrected chi connectivity index (χ2v) is 7.47. The van der Waals surface area contributed by atoms with Gasteiger partial charge in [-0.2, -0.15) is 0 Å². The molecule has 1 atom stereocenters. The van der Waals surface area contributed by atoms with Crippen molar-refractivity contribution < 1.29 is 13.2 Å². The fourth-order valence-electron chi connectivity index (χ4n) is 2.18. The first kappa shape index (κ1) is 13.6. The zero-order valence-corrected chi connectivity index (χ0v) is 11.7. The lowest BCUT2D eigenvalue weighted by Gasteiger charge is -2.08. The largest absolute Gasteiger partial charge is 0.299 e. The van der Waals surface area contributed by atoms with Crippen molar-refractivity contribution >= 4 is 27.2 Å². The van der Waals surface area contributed by atoms with Crippen LogP contribution in [-0.2, 0) is 21.1 Å². The van der Waals surface area contributed by atoms with Gasteiger partial charge in [0.25, 0.3) is 0 Å². The zero-order valence-electron chi connectivity index (χ0n) is 10.1. The molecule has 2 rings (SSSR count). The highest BCUT2D eigenvalue weighted by Crippen LogP contribution is 2.24. The van der Waals surface area contributed by atoms with Crippen LogP contribution in [0.15, 0.2) is 18.2 Å². The van der Waals surface area contributed by atoms with Crippen LogP contribution in [0, 0.1) is 12.8 Å². The number of aryl methyl sites for hydroxylation is 1. The van der Waals surface area contributed by atoms with Crippen molar-refractivity contribution in [2.75, 3.05) is 11.5 Å². The Balaban J connectivity index is 2.08. The third kappa shape index (κ3) is 3.12. The first-order chi connectivity index (χ1) is 8.37. The lowest BCUT2D eigenvalue weighted by atomic mass is 9.97. The van der Waals surface area contributed by atoms with E-state index < -0.39 is 9.84 Å². The highest BCUT2D eigenvalue weighted by molar-refractivity contribution is 7.91. The average Bonchev–Trinajstić information content (AvgIpc) is 2.63. The number of rotatable bonds is 3. The molecule has 1 heterocycles. The van der Waals surface area contributed by atoms with Gasteiger partial charge in [0.2, 0.25) is 0 Å². The van der Waals surface area contributed by atoms with Gasteiger partial charge in [-0.15, -0.1) is 0 Å². The molecule has 1 aromatic rings. The molecule has 1 aliphatic heterocycles. The minimum Gasteiger partial charge on any atom is -0.299 e. The van der Waals surface area contributed by atoms with E-state index in [0.717, 1.165) is 11.1 Å². The molecule has 98 valence electrons. The van der Waals surface area contributed by atoms with Crippen molar-refractivity contribution in [1.29, 1.82) is 0 Å². The first-order valence-corrected chi connectivity index (χ1v) is 8.05. The van der Waals surface area contributed by atoms with E-state index in [1.807, 2.05) is 25.1 Å². The molecule has 0 spiro atoms. The van der Waals surface area contributed by atoms with Gasteiger partial charge in [0.1, 0.15) is 5.78 Å². The number of hydrogen-bond acceptors (Lipinski definition) is 3. The Morgan fingerprint density at radius 3 is 2.72 bits per heavy atom. The van der Waals surface area contributed by atoms with Crippen molar-refractivity contribution in [3.63, 3.8) is 0 Å². The molecule has 1 aromatic carbocycles. The molecule has 0 aliphatic carbocycles. The van der Waals surface area contributed by atoms with Crippen molar-refractivity contribution in [1.82, 2.24) is 0 Å². The topological polar surface area (TPSA) is 51.2 Å². The fraction of sp³-hybridized carbons (Fsp3) is 0.462. The number of halogens is 1. The number of carbonyl (C=O) groups is 1. The van der Waals surface area contributed by atoms with Crippen LogP contribution in [0.4, 0.5) is 0 Å². The summed E-state index contributed by atoms with van der Waals surface area (Å²) in [5, 5.41) is 0.573. The molecule has 18 heavy (non-hydrogen) atoms. The van der Waals surface area contributed by atoms with Crippen molar-refractivity contribution in [3.8, 4) is 0 Å². The average molecular weight is 287 g/mol. The quantitative estimate of drug-likeness (QED) is 0.856. The molecule has 0 aromatic heterocycles. The van der Waals surface area contributed by atoms with Crippen molar-refractivity contribution in [2.24, 2.45) is 5.92 Å². The minimum atomic E-state index is -3.00. The van der Waals surface area contributed by atoms with Gasteiger partial charge < -0.3 is 0 Å².